The summed E-state index contributed by atoms with van der Waals surface area (Å²) in [5.41, 5.74) is 2.32. The van der Waals surface area contributed by atoms with Crippen molar-refractivity contribution in [2.45, 2.75) is 20.4 Å². The molecule has 4 nitrogen and oxygen atoms in total. The first kappa shape index (κ1) is 13.3. The van der Waals surface area contributed by atoms with E-state index in [1.54, 1.807) is 16.0 Å². The van der Waals surface area contributed by atoms with Gasteiger partial charge in [0.05, 0.1) is 17.8 Å². The zero-order valence-corrected chi connectivity index (χ0v) is 12.9. The largest absolute Gasteiger partial charge is 0.347 e. The molecule has 0 saturated carbocycles. The fourth-order valence-electron chi connectivity index (χ4n) is 1.80. The van der Waals surface area contributed by atoms with Gasteiger partial charge in [-0.1, -0.05) is 0 Å². The summed E-state index contributed by atoms with van der Waals surface area (Å²) in [5, 5.41) is 9.16. The first-order valence-electron chi connectivity index (χ1n) is 5.51. The van der Waals surface area contributed by atoms with E-state index >= 15 is 0 Å². The van der Waals surface area contributed by atoms with Gasteiger partial charge in [-0.2, -0.15) is 5.10 Å². The Labute approximate surface area is 118 Å². The van der Waals surface area contributed by atoms with Crippen LogP contribution in [0, 0.1) is 13.8 Å². The van der Waals surface area contributed by atoms with Crippen LogP contribution in [0.2, 0.25) is 0 Å². The van der Waals surface area contributed by atoms with Crippen LogP contribution in [-0.4, -0.2) is 15.7 Å². The molecule has 0 bridgehead atoms. The molecule has 0 aromatic carbocycles. The molecule has 1 N–H and O–H groups in total. The number of carbonyl (C=O) groups is 1. The number of thiophene rings is 1. The molecule has 0 saturated heterocycles. The number of nitrogens with zero attached hydrogens (tertiary/aromatic N) is 2. The molecule has 0 spiro atoms. The van der Waals surface area contributed by atoms with Gasteiger partial charge < -0.3 is 5.32 Å². The average molecular weight is 328 g/mol. The lowest BCUT2D eigenvalue weighted by molar-refractivity contribution is 0.0950. The van der Waals surface area contributed by atoms with Gasteiger partial charge in [-0.25, -0.2) is 0 Å². The Morgan fingerprint density at radius 2 is 2.28 bits per heavy atom. The van der Waals surface area contributed by atoms with E-state index in [-0.39, 0.29) is 5.91 Å². The molecular weight excluding hydrogens is 314 g/mol. The Hall–Kier alpha value is -1.14. The van der Waals surface area contributed by atoms with Crippen LogP contribution in [0.4, 0.5) is 0 Å². The highest BCUT2D eigenvalue weighted by molar-refractivity contribution is 9.10. The monoisotopic (exact) mass is 327 g/mol. The van der Waals surface area contributed by atoms with Crippen molar-refractivity contribution in [1.29, 1.82) is 0 Å². The van der Waals surface area contributed by atoms with Crippen LogP contribution >= 0.6 is 27.3 Å². The minimum Gasteiger partial charge on any atom is -0.347 e. The lowest BCUT2D eigenvalue weighted by Crippen LogP contribution is -2.23. The summed E-state index contributed by atoms with van der Waals surface area (Å²) in [7, 11) is 1.84. The molecule has 2 aromatic heterocycles. The van der Waals surface area contributed by atoms with Gasteiger partial charge in [0.15, 0.2) is 0 Å². The highest BCUT2D eigenvalue weighted by Crippen LogP contribution is 2.22. The second-order valence-corrected chi connectivity index (χ2v) is 5.90. The van der Waals surface area contributed by atoms with Crippen molar-refractivity contribution >= 4 is 33.2 Å². The Bertz CT molecular complexity index is 588. The topological polar surface area (TPSA) is 46.9 Å². The number of rotatable bonds is 3. The van der Waals surface area contributed by atoms with E-state index in [2.05, 4.69) is 26.3 Å². The quantitative estimate of drug-likeness (QED) is 0.942. The van der Waals surface area contributed by atoms with Gasteiger partial charge in [0.25, 0.3) is 5.91 Å². The van der Waals surface area contributed by atoms with Crippen molar-refractivity contribution in [3.05, 3.63) is 37.7 Å². The molecule has 0 aliphatic heterocycles. The van der Waals surface area contributed by atoms with Crippen molar-refractivity contribution in [3.63, 3.8) is 0 Å². The average Bonchev–Trinajstić information content (AvgIpc) is 2.81. The highest BCUT2D eigenvalue weighted by atomic mass is 79.9. The van der Waals surface area contributed by atoms with Crippen LogP contribution in [-0.2, 0) is 13.6 Å². The molecule has 6 heteroatoms. The lowest BCUT2D eigenvalue weighted by atomic mass is 10.2. The maximum atomic E-state index is 12.1. The van der Waals surface area contributed by atoms with Crippen LogP contribution < -0.4 is 5.32 Å². The first-order chi connectivity index (χ1) is 8.50. The lowest BCUT2D eigenvalue weighted by Gasteiger charge is -2.04. The summed E-state index contributed by atoms with van der Waals surface area (Å²) in [6.45, 7) is 4.28. The molecule has 18 heavy (non-hydrogen) atoms. The molecule has 2 rings (SSSR count). The third-order valence-electron chi connectivity index (χ3n) is 2.84. The fraction of sp³-hybridized carbons (Fsp3) is 0.333. The van der Waals surface area contributed by atoms with E-state index in [1.807, 2.05) is 32.3 Å². The Morgan fingerprint density at radius 1 is 1.56 bits per heavy atom. The van der Waals surface area contributed by atoms with Gasteiger partial charge in [0.1, 0.15) is 0 Å². The van der Waals surface area contributed by atoms with Crippen molar-refractivity contribution in [2.75, 3.05) is 0 Å². The number of carbonyl (C=O) groups excluding carboxylic acids is 1. The molecule has 0 unspecified atom stereocenters. The number of amides is 1. The van der Waals surface area contributed by atoms with E-state index < -0.39 is 0 Å². The Kier molecular flexibility index (Phi) is 3.87. The molecule has 0 radical (unpaired) electrons. The van der Waals surface area contributed by atoms with Gasteiger partial charge in [-0.3, -0.25) is 9.48 Å². The van der Waals surface area contributed by atoms with Crippen LogP contribution in [0.15, 0.2) is 15.9 Å². The summed E-state index contributed by atoms with van der Waals surface area (Å²) in [5.74, 6) is -0.0709. The van der Waals surface area contributed by atoms with Crippen LogP contribution in [0.25, 0.3) is 0 Å². The minimum atomic E-state index is -0.0709. The maximum Gasteiger partial charge on any atom is 0.255 e. The molecule has 0 aliphatic rings. The molecule has 2 aromatic rings. The smallest absolute Gasteiger partial charge is 0.255 e. The number of hydrogen-bond acceptors (Lipinski definition) is 3. The summed E-state index contributed by atoms with van der Waals surface area (Å²) in [4.78, 5) is 13.2. The molecule has 2 heterocycles. The standard InChI is InChI=1S/C12H14BrN3OS/c1-7-11(8(2)16(3)15-7)12(17)14-6-10-9(13)4-5-18-10/h4-5H,6H2,1-3H3,(H,14,17). The number of hydrogen-bond donors (Lipinski definition) is 1. The normalized spacial score (nSPS) is 10.7. The third-order valence-corrected chi connectivity index (χ3v) is 4.76. The highest BCUT2D eigenvalue weighted by Gasteiger charge is 2.17. The van der Waals surface area contributed by atoms with Gasteiger partial charge >= 0.3 is 0 Å². The van der Waals surface area contributed by atoms with E-state index in [1.165, 1.54) is 0 Å². The zero-order valence-electron chi connectivity index (χ0n) is 10.5. The van der Waals surface area contributed by atoms with Crippen LogP contribution in [0.5, 0.6) is 0 Å². The van der Waals surface area contributed by atoms with E-state index in [0.717, 1.165) is 20.7 Å². The molecule has 1 amide bonds. The van der Waals surface area contributed by atoms with E-state index in [9.17, 15) is 4.79 Å². The first-order valence-corrected chi connectivity index (χ1v) is 7.18. The summed E-state index contributed by atoms with van der Waals surface area (Å²) in [6.07, 6.45) is 0. The zero-order chi connectivity index (χ0) is 13.3. The number of halogens is 1. The Balaban J connectivity index is 2.11. The molecular formula is C12H14BrN3OS. The second-order valence-electron chi connectivity index (χ2n) is 4.04. The SMILES string of the molecule is Cc1nn(C)c(C)c1C(=O)NCc1sccc1Br. The van der Waals surface area contributed by atoms with Crippen molar-refractivity contribution < 1.29 is 4.79 Å². The maximum absolute atomic E-state index is 12.1. The summed E-state index contributed by atoms with van der Waals surface area (Å²) in [6, 6.07) is 1.98. The van der Waals surface area contributed by atoms with Gasteiger partial charge in [0, 0.05) is 22.1 Å². The summed E-state index contributed by atoms with van der Waals surface area (Å²) >= 11 is 5.07. The van der Waals surface area contributed by atoms with Crippen LogP contribution in [0.1, 0.15) is 26.6 Å². The molecule has 0 fully saturated rings. The predicted octanol–water partition coefficient (Wildman–Crippen LogP) is 2.79. The molecule has 0 aliphatic carbocycles. The van der Waals surface area contributed by atoms with Crippen molar-refractivity contribution in [3.8, 4) is 0 Å². The number of aromatic nitrogens is 2. The predicted molar refractivity (Wildman–Crippen MR) is 75.9 cm³/mol. The van der Waals surface area contributed by atoms with Gasteiger partial charge in [-0.05, 0) is 41.2 Å². The van der Waals surface area contributed by atoms with E-state index in [4.69, 9.17) is 0 Å². The van der Waals surface area contributed by atoms with Crippen molar-refractivity contribution in [1.82, 2.24) is 15.1 Å². The van der Waals surface area contributed by atoms with E-state index in [0.29, 0.717) is 12.1 Å². The summed E-state index contributed by atoms with van der Waals surface area (Å²) < 4.78 is 2.76. The van der Waals surface area contributed by atoms with Crippen molar-refractivity contribution in [2.24, 2.45) is 7.05 Å². The fourth-order valence-corrected chi connectivity index (χ4v) is 3.23. The Morgan fingerprint density at radius 3 is 2.78 bits per heavy atom. The molecule has 96 valence electrons. The number of aryl methyl sites for hydroxylation is 2. The minimum absolute atomic E-state index is 0.0709. The molecule has 0 atom stereocenters. The number of nitrogens with one attached hydrogen (secondary N) is 1. The third kappa shape index (κ3) is 2.49. The second kappa shape index (κ2) is 5.24. The van der Waals surface area contributed by atoms with Crippen LogP contribution in [0.3, 0.4) is 0 Å². The van der Waals surface area contributed by atoms with Gasteiger partial charge in [0.2, 0.25) is 0 Å². The van der Waals surface area contributed by atoms with Gasteiger partial charge in [-0.15, -0.1) is 11.3 Å².